The van der Waals surface area contributed by atoms with E-state index in [1.165, 1.54) is 0 Å². The van der Waals surface area contributed by atoms with Crippen LogP contribution < -0.4 is 5.73 Å². The molecule has 0 saturated heterocycles. The highest BCUT2D eigenvalue weighted by molar-refractivity contribution is 8.01. The molecule has 0 aliphatic rings. The van der Waals surface area contributed by atoms with Gasteiger partial charge in [-0.1, -0.05) is 6.92 Å². The second-order valence-corrected chi connectivity index (χ2v) is 6.47. The molecule has 0 fully saturated rings. The Morgan fingerprint density at radius 1 is 1.40 bits per heavy atom. The molecule has 15 heavy (non-hydrogen) atoms. The Bertz CT molecular complexity index is 276. The Kier molecular flexibility index (Phi) is 5.97. The zero-order valence-electron chi connectivity index (χ0n) is 8.25. The van der Waals surface area contributed by atoms with E-state index in [1.54, 1.807) is 6.92 Å². The third-order valence-corrected chi connectivity index (χ3v) is 4.41. The number of thioether (sulfide) groups is 1. The summed E-state index contributed by atoms with van der Waals surface area (Å²) in [6.07, 6.45) is 0.492. The second-order valence-electron chi connectivity index (χ2n) is 3.08. The first-order valence-corrected chi connectivity index (χ1v) is 7.13. The quantitative estimate of drug-likeness (QED) is 0.788. The van der Waals surface area contributed by atoms with Gasteiger partial charge in [0.05, 0.1) is 11.5 Å². The van der Waals surface area contributed by atoms with E-state index < -0.39 is 32.9 Å². The van der Waals surface area contributed by atoms with E-state index in [-0.39, 0.29) is 17.5 Å². The molecule has 0 amide bonds. The summed E-state index contributed by atoms with van der Waals surface area (Å²) in [6, 6.07) is -0.495. The first kappa shape index (κ1) is 15.0. The van der Waals surface area contributed by atoms with Crippen molar-refractivity contribution in [3.8, 4) is 0 Å². The van der Waals surface area contributed by atoms with Crippen LogP contribution in [-0.4, -0.2) is 37.2 Å². The van der Waals surface area contributed by atoms with Crippen LogP contribution >= 0.6 is 11.8 Å². The largest absolute Gasteiger partial charge is 0.441 e. The number of alkyl halides is 3. The smallest absolute Gasteiger partial charge is 0.327 e. The molecule has 2 N–H and O–H groups in total. The monoisotopic (exact) mass is 265 g/mol. The lowest BCUT2D eigenvalue weighted by Gasteiger charge is -2.10. The van der Waals surface area contributed by atoms with E-state index in [4.69, 9.17) is 5.73 Å². The SMILES string of the molecule is CCC(N)CS(=O)(=O)CCSC(F)(F)F. The van der Waals surface area contributed by atoms with Crippen molar-refractivity contribution >= 4 is 21.6 Å². The minimum Gasteiger partial charge on any atom is -0.327 e. The summed E-state index contributed by atoms with van der Waals surface area (Å²) in [5.74, 6) is -1.20. The van der Waals surface area contributed by atoms with Gasteiger partial charge in [0.25, 0.3) is 0 Å². The molecule has 0 rings (SSSR count). The van der Waals surface area contributed by atoms with E-state index in [1.807, 2.05) is 0 Å². The third-order valence-electron chi connectivity index (χ3n) is 1.65. The lowest BCUT2D eigenvalue weighted by Crippen LogP contribution is -2.30. The zero-order chi connectivity index (χ0) is 12.1. The van der Waals surface area contributed by atoms with E-state index in [2.05, 4.69) is 0 Å². The molecule has 0 bridgehead atoms. The van der Waals surface area contributed by atoms with Crippen molar-refractivity contribution in [3.63, 3.8) is 0 Å². The summed E-state index contributed by atoms with van der Waals surface area (Å²) in [6.45, 7) is 1.73. The Morgan fingerprint density at radius 3 is 2.33 bits per heavy atom. The molecular weight excluding hydrogens is 251 g/mol. The molecular formula is C7H14F3NO2S2. The first-order chi connectivity index (χ1) is 6.66. The summed E-state index contributed by atoms with van der Waals surface area (Å²) in [4.78, 5) is 0. The maximum atomic E-state index is 11.7. The third kappa shape index (κ3) is 9.01. The van der Waals surface area contributed by atoms with Crippen molar-refractivity contribution in [2.45, 2.75) is 24.9 Å². The van der Waals surface area contributed by atoms with Gasteiger partial charge in [-0.25, -0.2) is 8.42 Å². The van der Waals surface area contributed by atoms with E-state index in [0.29, 0.717) is 6.42 Å². The molecule has 0 aliphatic carbocycles. The van der Waals surface area contributed by atoms with Crippen molar-refractivity contribution in [1.82, 2.24) is 0 Å². The van der Waals surface area contributed by atoms with Crippen LogP contribution in [0.1, 0.15) is 13.3 Å². The van der Waals surface area contributed by atoms with Crippen molar-refractivity contribution in [2.75, 3.05) is 17.3 Å². The molecule has 0 aliphatic heterocycles. The van der Waals surface area contributed by atoms with Gasteiger partial charge in [-0.05, 0) is 18.2 Å². The molecule has 92 valence electrons. The topological polar surface area (TPSA) is 60.2 Å². The fourth-order valence-corrected chi connectivity index (χ4v) is 3.45. The minimum atomic E-state index is -4.37. The molecule has 3 nitrogen and oxygen atoms in total. The minimum absolute atomic E-state index is 0.248. The van der Waals surface area contributed by atoms with Crippen LogP contribution in [0, 0.1) is 0 Å². The van der Waals surface area contributed by atoms with Gasteiger partial charge in [0.15, 0.2) is 9.84 Å². The molecule has 0 aromatic rings. The average molecular weight is 265 g/mol. The number of rotatable bonds is 6. The van der Waals surface area contributed by atoms with Crippen LogP contribution in [0.15, 0.2) is 0 Å². The Morgan fingerprint density at radius 2 is 1.93 bits per heavy atom. The average Bonchev–Trinajstić information content (AvgIpc) is 2.00. The van der Waals surface area contributed by atoms with Gasteiger partial charge in [-0.15, -0.1) is 0 Å². The molecule has 8 heteroatoms. The van der Waals surface area contributed by atoms with Crippen LogP contribution in [0.25, 0.3) is 0 Å². The summed E-state index contributed by atoms with van der Waals surface area (Å²) in [7, 11) is -3.46. The zero-order valence-corrected chi connectivity index (χ0v) is 9.88. The molecule has 0 radical (unpaired) electrons. The second kappa shape index (κ2) is 5.95. The highest BCUT2D eigenvalue weighted by Gasteiger charge is 2.28. The van der Waals surface area contributed by atoms with Gasteiger partial charge in [0.1, 0.15) is 0 Å². The van der Waals surface area contributed by atoms with Crippen molar-refractivity contribution < 1.29 is 21.6 Å². The highest BCUT2D eigenvalue weighted by Crippen LogP contribution is 2.29. The van der Waals surface area contributed by atoms with Crippen LogP contribution in [0.3, 0.4) is 0 Å². The molecule has 0 spiro atoms. The highest BCUT2D eigenvalue weighted by atomic mass is 32.2. The van der Waals surface area contributed by atoms with Gasteiger partial charge in [0, 0.05) is 11.8 Å². The number of halogens is 3. The molecule has 1 unspecified atom stereocenters. The lowest BCUT2D eigenvalue weighted by molar-refractivity contribution is -0.0326. The van der Waals surface area contributed by atoms with Crippen LogP contribution in [-0.2, 0) is 9.84 Å². The van der Waals surface area contributed by atoms with Crippen molar-refractivity contribution in [3.05, 3.63) is 0 Å². The molecule has 0 heterocycles. The number of hydrogen-bond acceptors (Lipinski definition) is 4. The summed E-state index contributed by atoms with van der Waals surface area (Å²) >= 11 is -0.325. The van der Waals surface area contributed by atoms with Gasteiger partial charge in [-0.3, -0.25) is 0 Å². The van der Waals surface area contributed by atoms with Gasteiger partial charge < -0.3 is 5.73 Å². The number of sulfone groups is 1. The summed E-state index contributed by atoms with van der Waals surface area (Å²) in [5.41, 5.74) is 1.04. The summed E-state index contributed by atoms with van der Waals surface area (Å²) in [5, 5.41) is 0. The molecule has 1 atom stereocenters. The van der Waals surface area contributed by atoms with Gasteiger partial charge >= 0.3 is 5.51 Å². The molecule has 0 aromatic heterocycles. The number of hydrogen-bond donors (Lipinski definition) is 1. The van der Waals surface area contributed by atoms with E-state index in [0.717, 1.165) is 0 Å². The number of nitrogens with two attached hydrogens (primary N) is 1. The Labute approximate surface area is 91.5 Å². The maximum Gasteiger partial charge on any atom is 0.441 e. The first-order valence-electron chi connectivity index (χ1n) is 4.33. The fourth-order valence-electron chi connectivity index (χ4n) is 0.812. The van der Waals surface area contributed by atoms with Crippen molar-refractivity contribution in [2.24, 2.45) is 5.73 Å². The van der Waals surface area contributed by atoms with E-state index >= 15 is 0 Å². The van der Waals surface area contributed by atoms with Crippen LogP contribution in [0.2, 0.25) is 0 Å². The standard InChI is InChI=1S/C7H14F3NO2S2/c1-2-6(11)5-15(12,13)4-3-14-7(8,9)10/h6H,2-5,11H2,1H3. The van der Waals surface area contributed by atoms with Gasteiger partial charge in [-0.2, -0.15) is 13.2 Å². The van der Waals surface area contributed by atoms with Crippen LogP contribution in [0.4, 0.5) is 13.2 Å². The normalized spacial score (nSPS) is 15.3. The maximum absolute atomic E-state index is 11.7. The molecule has 0 aromatic carbocycles. The van der Waals surface area contributed by atoms with E-state index in [9.17, 15) is 21.6 Å². The Balaban J connectivity index is 3.96. The van der Waals surface area contributed by atoms with Gasteiger partial charge in [0.2, 0.25) is 0 Å². The van der Waals surface area contributed by atoms with Crippen LogP contribution in [0.5, 0.6) is 0 Å². The predicted octanol–water partition coefficient (Wildman–Crippen LogP) is 1.39. The lowest BCUT2D eigenvalue weighted by atomic mass is 10.3. The predicted molar refractivity (Wildman–Crippen MR) is 55.4 cm³/mol. The molecule has 0 saturated carbocycles. The Hall–Kier alpha value is 0.0500. The fraction of sp³-hybridized carbons (Fsp3) is 1.00. The summed E-state index contributed by atoms with van der Waals surface area (Å²) < 4.78 is 57.6. The van der Waals surface area contributed by atoms with Crippen molar-refractivity contribution in [1.29, 1.82) is 0 Å².